The van der Waals surface area contributed by atoms with E-state index in [4.69, 9.17) is 9.90 Å². The number of nitrogens with two attached hydrogens (primary N) is 2. The molecule has 0 aliphatic carbocycles. The van der Waals surface area contributed by atoms with Crippen molar-refractivity contribution >= 4 is 26.0 Å². The Morgan fingerprint density at radius 1 is 1.56 bits per heavy atom. The van der Waals surface area contributed by atoms with Gasteiger partial charge in [-0.1, -0.05) is 0 Å². The van der Waals surface area contributed by atoms with Crippen molar-refractivity contribution in [3.63, 3.8) is 0 Å². The number of carbonyl (C=O) groups is 1. The Morgan fingerprint density at radius 2 is 1.56 bits per heavy atom. The molecule has 0 unspecified atom stereocenters. The molecule has 0 radical (unpaired) electrons. The summed E-state index contributed by atoms with van der Waals surface area (Å²) < 4.78 is 18.4. The number of carboxylic acid groups (broad SMARTS) is 1. The molecular weight excluding hydrogens is 172 g/mol. The summed E-state index contributed by atoms with van der Waals surface area (Å²) >= 11 is 0. The van der Waals surface area contributed by atoms with Gasteiger partial charge in [-0.25, -0.2) is 9.93 Å². The Kier molecular flexibility index (Phi) is 5.47. The summed E-state index contributed by atoms with van der Waals surface area (Å²) in [5.74, 6) is 0. The fourth-order valence-electron chi connectivity index (χ4n) is 0. The molecule has 0 rings (SSSR count). The molecule has 1 amide bonds. The van der Waals surface area contributed by atoms with Gasteiger partial charge in [0.05, 0.1) is 0 Å². The van der Waals surface area contributed by atoms with Crippen LogP contribution in [0, 0.1) is 0 Å². The normalized spacial score (nSPS) is 9.11. The Hall–Kier alpha value is -0.530. The van der Waals surface area contributed by atoms with E-state index < -0.39 is 15.3 Å². The molecule has 0 aromatic heterocycles. The van der Waals surface area contributed by atoms with E-state index in [1.807, 2.05) is 0 Å². The van der Waals surface area contributed by atoms with Gasteiger partial charge in [0.25, 0.3) is 9.24 Å². The van der Waals surface area contributed by atoms with E-state index in [0.717, 1.165) is 0 Å². The minimum absolute atomic E-state index is 1.33. The lowest BCUT2D eigenvalue weighted by Gasteiger charge is -1.66. The van der Waals surface area contributed by atoms with Crippen LogP contribution in [0.4, 0.5) is 4.79 Å². The van der Waals surface area contributed by atoms with Crippen LogP contribution in [0.15, 0.2) is 0 Å². The second-order valence-corrected chi connectivity index (χ2v) is 3.06. The van der Waals surface area contributed by atoms with Gasteiger partial charge in [-0.05, 0) is 0 Å². The number of hydrogen-bond donors (Lipinski definition) is 3. The third-order valence-electron chi connectivity index (χ3n) is 0. The monoisotopic (exact) mass is 176 g/mol. The average Bonchev–Trinajstić information content (AvgIpc) is 1.19. The maximum atomic E-state index is 9.18. The Bertz CT molecular complexity index is 161. The van der Waals surface area contributed by atoms with Gasteiger partial charge in [0.15, 0.2) is 0 Å². The van der Waals surface area contributed by atoms with Crippen molar-refractivity contribution in [2.45, 2.75) is 0 Å². The second kappa shape index (κ2) is 4.36. The third kappa shape index (κ3) is 796. The molecule has 0 saturated carbocycles. The first kappa shape index (κ1) is 11.3. The summed E-state index contributed by atoms with van der Waals surface area (Å²) in [4.78, 5) is 8.78. The fraction of sp³-hybridized carbons (Fsp3) is 0. The summed E-state index contributed by atoms with van der Waals surface area (Å²) in [6, 6.07) is 0. The molecule has 0 aromatic rings. The quantitative estimate of drug-likeness (QED) is 0.412. The molecule has 0 bridgehead atoms. The van der Waals surface area contributed by atoms with Gasteiger partial charge in [-0.2, -0.15) is 8.42 Å². The van der Waals surface area contributed by atoms with E-state index >= 15 is 0 Å². The lowest BCUT2D eigenvalue weighted by Crippen LogP contribution is -2.03. The Morgan fingerprint density at radius 3 is 1.56 bits per heavy atom. The van der Waals surface area contributed by atoms with E-state index in [2.05, 4.69) is 21.6 Å². The summed E-state index contributed by atoms with van der Waals surface area (Å²) in [7, 11) is 0.586. The molecule has 0 aliphatic rings. The van der Waals surface area contributed by atoms with Crippen LogP contribution in [0.5, 0.6) is 0 Å². The standard InChI is InChI=1S/CH3NO2.ClH2NO2S/c2-1(3)4;1-5(2,3)4/h2H2,(H,3,4);(H2,2,3,4). The van der Waals surface area contributed by atoms with E-state index in [0.29, 0.717) is 0 Å². The van der Waals surface area contributed by atoms with Gasteiger partial charge in [0.1, 0.15) is 0 Å². The predicted molar refractivity (Wildman–Crippen MR) is 31.2 cm³/mol. The van der Waals surface area contributed by atoms with Crippen molar-refractivity contribution < 1.29 is 18.3 Å². The van der Waals surface area contributed by atoms with Crippen LogP contribution in [-0.4, -0.2) is 19.6 Å². The number of amides is 1. The fourth-order valence-corrected chi connectivity index (χ4v) is 0. The van der Waals surface area contributed by atoms with Gasteiger partial charge in [-0.15, -0.1) is 0 Å². The molecule has 0 saturated heterocycles. The lowest BCUT2D eigenvalue weighted by atomic mass is 11.3. The van der Waals surface area contributed by atoms with Crippen LogP contribution in [0.25, 0.3) is 0 Å². The van der Waals surface area contributed by atoms with Crippen LogP contribution in [0.3, 0.4) is 0 Å². The van der Waals surface area contributed by atoms with E-state index in [1.54, 1.807) is 0 Å². The highest BCUT2D eigenvalue weighted by Gasteiger charge is 1.83. The second-order valence-electron chi connectivity index (χ2n) is 0.814. The summed E-state index contributed by atoms with van der Waals surface area (Å²) in [5, 5.41) is 11.3. The van der Waals surface area contributed by atoms with E-state index in [1.165, 1.54) is 0 Å². The van der Waals surface area contributed by atoms with Gasteiger partial charge in [0.2, 0.25) is 0 Å². The zero-order chi connectivity index (χ0) is 8.08. The Balaban J connectivity index is 0. The molecular formula is CH5ClN2O4S. The molecule has 9 heavy (non-hydrogen) atoms. The third-order valence-corrected chi connectivity index (χ3v) is 0. The highest BCUT2D eigenvalue weighted by Crippen LogP contribution is 1.77. The first-order valence-corrected chi connectivity index (χ1v) is 3.81. The number of rotatable bonds is 0. The smallest absolute Gasteiger partial charge is 0.402 e. The Labute approximate surface area is 55.9 Å². The maximum absolute atomic E-state index is 9.18. The minimum Gasteiger partial charge on any atom is -0.465 e. The van der Waals surface area contributed by atoms with Gasteiger partial charge < -0.3 is 10.8 Å². The molecule has 0 spiro atoms. The predicted octanol–water partition coefficient (Wildman–Crippen LogP) is -0.948. The molecule has 56 valence electrons. The first-order chi connectivity index (χ1) is 3.73. The van der Waals surface area contributed by atoms with Crippen molar-refractivity contribution in [1.82, 2.24) is 0 Å². The first-order valence-electron chi connectivity index (χ1n) is 1.44. The number of hydrogen-bond acceptors (Lipinski definition) is 3. The zero-order valence-corrected chi connectivity index (χ0v) is 5.69. The number of primary amides is 1. The van der Waals surface area contributed by atoms with E-state index in [9.17, 15) is 8.42 Å². The van der Waals surface area contributed by atoms with Crippen molar-refractivity contribution in [2.75, 3.05) is 0 Å². The van der Waals surface area contributed by atoms with Gasteiger partial charge in [0, 0.05) is 10.7 Å². The van der Waals surface area contributed by atoms with Crippen LogP contribution in [0.1, 0.15) is 0 Å². The largest absolute Gasteiger partial charge is 0.465 e. The summed E-state index contributed by atoms with van der Waals surface area (Å²) in [5.41, 5.74) is 4.03. The topological polar surface area (TPSA) is 123 Å². The van der Waals surface area contributed by atoms with Gasteiger partial charge >= 0.3 is 6.09 Å². The van der Waals surface area contributed by atoms with Crippen LogP contribution >= 0.6 is 10.7 Å². The van der Waals surface area contributed by atoms with Crippen LogP contribution < -0.4 is 10.9 Å². The molecule has 8 heteroatoms. The summed E-state index contributed by atoms with van der Waals surface area (Å²) in [6.07, 6.45) is -1.33. The molecule has 0 heterocycles. The average molecular weight is 177 g/mol. The number of halogens is 1. The zero-order valence-electron chi connectivity index (χ0n) is 4.11. The van der Waals surface area contributed by atoms with Crippen LogP contribution in [0.2, 0.25) is 0 Å². The van der Waals surface area contributed by atoms with Gasteiger partial charge in [-0.3, -0.25) is 0 Å². The van der Waals surface area contributed by atoms with E-state index in [-0.39, 0.29) is 0 Å². The highest BCUT2D eigenvalue weighted by atomic mass is 35.7. The lowest BCUT2D eigenvalue weighted by molar-refractivity contribution is 0.205. The van der Waals surface area contributed by atoms with Crippen molar-refractivity contribution in [3.05, 3.63) is 0 Å². The minimum atomic E-state index is -3.69. The van der Waals surface area contributed by atoms with Crippen molar-refractivity contribution in [2.24, 2.45) is 10.9 Å². The SMILES string of the molecule is NC(=O)O.NS(=O)(=O)Cl. The van der Waals surface area contributed by atoms with Crippen molar-refractivity contribution in [1.29, 1.82) is 0 Å². The molecule has 0 aliphatic heterocycles. The maximum Gasteiger partial charge on any atom is 0.402 e. The highest BCUT2D eigenvalue weighted by molar-refractivity contribution is 8.11. The molecule has 0 fully saturated rings. The molecule has 6 nitrogen and oxygen atoms in total. The molecule has 5 N–H and O–H groups in total. The summed E-state index contributed by atoms with van der Waals surface area (Å²) in [6.45, 7) is 0. The van der Waals surface area contributed by atoms with Crippen LogP contribution in [-0.2, 0) is 9.24 Å². The molecule has 0 atom stereocenters. The van der Waals surface area contributed by atoms with Crippen molar-refractivity contribution in [3.8, 4) is 0 Å². The molecule has 0 aromatic carbocycles.